The summed E-state index contributed by atoms with van der Waals surface area (Å²) in [6, 6.07) is 4.59. The van der Waals surface area contributed by atoms with Gasteiger partial charge in [0.05, 0.1) is 6.10 Å². The highest BCUT2D eigenvalue weighted by atomic mass is 16.3. The average molecular weight is 265 g/mol. The number of hydrogen-bond acceptors (Lipinski definition) is 4. The Morgan fingerprint density at radius 1 is 1.21 bits per heavy atom. The lowest BCUT2D eigenvalue weighted by Gasteiger charge is -2.27. The number of aromatic hydroxyl groups is 2. The standard InChI is InChI=1S/C15H23NO3/c1-10(14-8-13(18)6-7-15(14)19)16-9-11-2-4-12(17)5-3-11/h6-8,10-12,16-19H,2-5,9H2,1H3. The molecule has 1 atom stereocenters. The van der Waals surface area contributed by atoms with Crippen molar-refractivity contribution in [2.75, 3.05) is 6.54 Å². The van der Waals surface area contributed by atoms with E-state index in [2.05, 4.69) is 5.32 Å². The summed E-state index contributed by atoms with van der Waals surface area (Å²) in [5.41, 5.74) is 0.718. The van der Waals surface area contributed by atoms with Crippen LogP contribution in [0.1, 0.15) is 44.2 Å². The molecule has 1 aliphatic rings. The minimum atomic E-state index is -0.121. The van der Waals surface area contributed by atoms with Gasteiger partial charge in [0, 0.05) is 11.6 Å². The minimum Gasteiger partial charge on any atom is -0.508 e. The molecule has 106 valence electrons. The molecule has 4 nitrogen and oxygen atoms in total. The zero-order valence-corrected chi connectivity index (χ0v) is 11.3. The number of nitrogens with one attached hydrogen (secondary N) is 1. The van der Waals surface area contributed by atoms with Crippen molar-refractivity contribution >= 4 is 0 Å². The molecule has 0 radical (unpaired) electrons. The first-order valence-corrected chi connectivity index (χ1v) is 6.99. The van der Waals surface area contributed by atoms with Crippen molar-refractivity contribution in [3.05, 3.63) is 23.8 Å². The van der Waals surface area contributed by atoms with E-state index in [4.69, 9.17) is 0 Å². The maximum Gasteiger partial charge on any atom is 0.120 e. The Bertz CT molecular complexity index is 414. The molecule has 2 rings (SSSR count). The molecule has 1 unspecified atom stereocenters. The van der Waals surface area contributed by atoms with Crippen molar-refractivity contribution in [2.45, 2.75) is 44.8 Å². The smallest absolute Gasteiger partial charge is 0.120 e. The Morgan fingerprint density at radius 2 is 1.89 bits per heavy atom. The van der Waals surface area contributed by atoms with Crippen LogP contribution in [0.15, 0.2) is 18.2 Å². The summed E-state index contributed by atoms with van der Waals surface area (Å²) in [7, 11) is 0. The Balaban J connectivity index is 1.87. The number of phenols is 2. The largest absolute Gasteiger partial charge is 0.508 e. The maximum absolute atomic E-state index is 9.79. The van der Waals surface area contributed by atoms with Gasteiger partial charge < -0.3 is 20.6 Å². The fraction of sp³-hybridized carbons (Fsp3) is 0.600. The first-order chi connectivity index (χ1) is 9.06. The second-order valence-corrected chi connectivity index (χ2v) is 5.55. The third kappa shape index (κ3) is 3.85. The summed E-state index contributed by atoms with van der Waals surface area (Å²) in [6.07, 6.45) is 3.75. The summed E-state index contributed by atoms with van der Waals surface area (Å²) >= 11 is 0. The van der Waals surface area contributed by atoms with Gasteiger partial charge in [-0.1, -0.05) is 0 Å². The molecule has 4 heteroatoms. The van der Waals surface area contributed by atoms with Crippen LogP contribution in [0.3, 0.4) is 0 Å². The number of aliphatic hydroxyl groups excluding tert-OH is 1. The molecule has 0 spiro atoms. The third-order valence-corrected chi connectivity index (χ3v) is 4.01. The van der Waals surface area contributed by atoms with Gasteiger partial charge in [-0.2, -0.15) is 0 Å². The molecule has 0 heterocycles. The molecular formula is C15H23NO3. The van der Waals surface area contributed by atoms with E-state index < -0.39 is 0 Å². The molecule has 0 bridgehead atoms. The van der Waals surface area contributed by atoms with Gasteiger partial charge in [0.1, 0.15) is 11.5 Å². The summed E-state index contributed by atoms with van der Waals surface area (Å²) in [5.74, 6) is 0.962. The second-order valence-electron chi connectivity index (χ2n) is 5.55. The topological polar surface area (TPSA) is 72.7 Å². The molecule has 0 amide bonds. The minimum absolute atomic E-state index is 0.000972. The molecule has 0 aromatic heterocycles. The van der Waals surface area contributed by atoms with Gasteiger partial charge in [-0.05, 0) is 63.3 Å². The molecule has 1 fully saturated rings. The van der Waals surface area contributed by atoms with Crippen LogP contribution in [0.5, 0.6) is 11.5 Å². The molecule has 0 aliphatic heterocycles. The highest BCUT2D eigenvalue weighted by Crippen LogP contribution is 2.29. The van der Waals surface area contributed by atoms with E-state index >= 15 is 0 Å². The first-order valence-electron chi connectivity index (χ1n) is 6.99. The lowest BCUT2D eigenvalue weighted by molar-refractivity contribution is 0.107. The van der Waals surface area contributed by atoms with Crippen molar-refractivity contribution in [3.8, 4) is 11.5 Å². The predicted molar refractivity (Wildman–Crippen MR) is 74.2 cm³/mol. The molecule has 1 aromatic rings. The monoisotopic (exact) mass is 265 g/mol. The van der Waals surface area contributed by atoms with E-state index in [0.29, 0.717) is 5.92 Å². The molecule has 19 heavy (non-hydrogen) atoms. The third-order valence-electron chi connectivity index (χ3n) is 4.01. The first kappa shape index (κ1) is 14.2. The molecular weight excluding hydrogens is 242 g/mol. The van der Waals surface area contributed by atoms with E-state index in [1.165, 1.54) is 12.1 Å². The second kappa shape index (κ2) is 6.26. The molecule has 4 N–H and O–H groups in total. The van der Waals surface area contributed by atoms with Crippen LogP contribution >= 0.6 is 0 Å². The SMILES string of the molecule is CC(NCC1CCC(O)CC1)c1cc(O)ccc1O. The number of benzene rings is 1. The van der Waals surface area contributed by atoms with Crippen LogP contribution in [0.4, 0.5) is 0 Å². The fourth-order valence-electron chi connectivity index (χ4n) is 2.69. The number of phenolic OH excluding ortho intramolecular Hbond substituents is 2. The number of hydrogen-bond donors (Lipinski definition) is 4. The zero-order chi connectivity index (χ0) is 13.8. The summed E-state index contributed by atoms with van der Waals surface area (Å²) in [5, 5.41) is 32.1. The van der Waals surface area contributed by atoms with E-state index in [1.54, 1.807) is 6.07 Å². The van der Waals surface area contributed by atoms with Gasteiger partial charge in [-0.15, -0.1) is 0 Å². The number of rotatable bonds is 4. The van der Waals surface area contributed by atoms with Crippen molar-refractivity contribution in [1.29, 1.82) is 0 Å². The summed E-state index contributed by atoms with van der Waals surface area (Å²) < 4.78 is 0. The van der Waals surface area contributed by atoms with Crippen LogP contribution in [-0.2, 0) is 0 Å². The van der Waals surface area contributed by atoms with Crippen molar-refractivity contribution < 1.29 is 15.3 Å². The van der Waals surface area contributed by atoms with Gasteiger partial charge in [-0.25, -0.2) is 0 Å². The van der Waals surface area contributed by atoms with E-state index in [1.807, 2.05) is 6.92 Å². The van der Waals surface area contributed by atoms with Gasteiger partial charge in [0.15, 0.2) is 0 Å². The van der Waals surface area contributed by atoms with Gasteiger partial charge in [0.25, 0.3) is 0 Å². The van der Waals surface area contributed by atoms with E-state index in [0.717, 1.165) is 37.8 Å². The summed E-state index contributed by atoms with van der Waals surface area (Å²) in [6.45, 7) is 2.86. The fourth-order valence-corrected chi connectivity index (χ4v) is 2.69. The Kier molecular flexibility index (Phi) is 4.66. The quantitative estimate of drug-likeness (QED) is 0.630. The highest BCUT2D eigenvalue weighted by molar-refractivity contribution is 5.40. The van der Waals surface area contributed by atoms with Gasteiger partial charge in [0.2, 0.25) is 0 Å². The van der Waals surface area contributed by atoms with Crippen molar-refractivity contribution in [1.82, 2.24) is 5.32 Å². The van der Waals surface area contributed by atoms with Crippen LogP contribution < -0.4 is 5.32 Å². The highest BCUT2D eigenvalue weighted by Gasteiger charge is 2.20. The average Bonchev–Trinajstić information content (AvgIpc) is 2.40. The lowest BCUT2D eigenvalue weighted by atomic mass is 9.87. The molecule has 1 saturated carbocycles. The zero-order valence-electron chi connectivity index (χ0n) is 11.3. The van der Waals surface area contributed by atoms with Crippen LogP contribution in [0, 0.1) is 5.92 Å². The van der Waals surface area contributed by atoms with Crippen molar-refractivity contribution in [2.24, 2.45) is 5.92 Å². The Hall–Kier alpha value is -1.26. The summed E-state index contributed by atoms with van der Waals surface area (Å²) in [4.78, 5) is 0. The predicted octanol–water partition coefficient (Wildman–Crippen LogP) is 2.30. The molecule has 0 saturated heterocycles. The Morgan fingerprint density at radius 3 is 2.58 bits per heavy atom. The molecule has 1 aromatic carbocycles. The maximum atomic E-state index is 9.79. The lowest BCUT2D eigenvalue weighted by Crippen LogP contribution is -2.29. The van der Waals surface area contributed by atoms with E-state index in [-0.39, 0.29) is 23.6 Å². The number of aliphatic hydroxyl groups is 1. The van der Waals surface area contributed by atoms with Gasteiger partial charge >= 0.3 is 0 Å². The molecule has 1 aliphatic carbocycles. The van der Waals surface area contributed by atoms with Gasteiger partial charge in [-0.3, -0.25) is 0 Å². The van der Waals surface area contributed by atoms with E-state index in [9.17, 15) is 15.3 Å². The normalized spacial score (nSPS) is 25.2. The van der Waals surface area contributed by atoms with Crippen LogP contribution in [-0.4, -0.2) is 28.0 Å². The Labute approximate surface area is 114 Å². The van der Waals surface area contributed by atoms with Crippen LogP contribution in [0.2, 0.25) is 0 Å². The van der Waals surface area contributed by atoms with Crippen molar-refractivity contribution in [3.63, 3.8) is 0 Å². The van der Waals surface area contributed by atoms with Crippen LogP contribution in [0.25, 0.3) is 0 Å².